The van der Waals surface area contributed by atoms with E-state index in [2.05, 4.69) is 12.2 Å². The number of carboxylic acid groups (broad SMARTS) is 1. The number of nitrogens with one attached hydrogen (secondary N) is 1. The summed E-state index contributed by atoms with van der Waals surface area (Å²) in [6.07, 6.45) is 12.9. The fraction of sp³-hybridized carbons (Fsp3) is 0.688. The Hall–Kier alpha value is -3.10. The highest BCUT2D eigenvalue weighted by molar-refractivity contribution is 6.31. The van der Waals surface area contributed by atoms with E-state index in [-0.39, 0.29) is 18.5 Å². The monoisotopic (exact) mass is 573 g/mol. The second kappa shape index (κ2) is 17.7. The molecule has 0 saturated carbocycles. The van der Waals surface area contributed by atoms with Crippen molar-refractivity contribution in [3.63, 3.8) is 0 Å². The SMILES string of the molecule is CCCCCCCCCCCCNC(=O)c1ccc(CN(C(=O)C(=O)O)C2CCN(C(=O)OC(C)(C)C)CC2)cc1. The first-order valence-corrected chi connectivity index (χ1v) is 15.4. The van der Waals surface area contributed by atoms with Crippen LogP contribution in [-0.2, 0) is 20.9 Å². The molecule has 1 aromatic rings. The minimum Gasteiger partial charge on any atom is -0.474 e. The van der Waals surface area contributed by atoms with Crippen LogP contribution in [0.3, 0.4) is 0 Å². The summed E-state index contributed by atoms with van der Waals surface area (Å²) >= 11 is 0. The Balaban J connectivity index is 1.79. The van der Waals surface area contributed by atoms with Crippen LogP contribution in [0.4, 0.5) is 4.79 Å². The van der Waals surface area contributed by atoms with Crippen LogP contribution in [-0.4, -0.2) is 70.1 Å². The maximum absolute atomic E-state index is 12.6. The lowest BCUT2D eigenvalue weighted by Crippen LogP contribution is -2.50. The topological polar surface area (TPSA) is 116 Å². The highest BCUT2D eigenvalue weighted by Crippen LogP contribution is 2.22. The predicted octanol–water partition coefficient (Wildman–Crippen LogP) is 6.15. The number of carbonyl (C=O) groups excluding carboxylic acids is 3. The van der Waals surface area contributed by atoms with Crippen molar-refractivity contribution in [1.82, 2.24) is 15.1 Å². The first-order valence-electron chi connectivity index (χ1n) is 15.4. The molecule has 0 spiro atoms. The fourth-order valence-corrected chi connectivity index (χ4v) is 5.05. The van der Waals surface area contributed by atoms with E-state index in [0.29, 0.717) is 38.0 Å². The van der Waals surface area contributed by atoms with Crippen LogP contribution in [0, 0.1) is 0 Å². The van der Waals surface area contributed by atoms with Crippen LogP contribution in [0.5, 0.6) is 0 Å². The second-order valence-electron chi connectivity index (χ2n) is 12.1. The lowest BCUT2D eigenvalue weighted by atomic mass is 10.0. The maximum atomic E-state index is 12.6. The van der Waals surface area contributed by atoms with Gasteiger partial charge in [-0.2, -0.15) is 0 Å². The highest BCUT2D eigenvalue weighted by Gasteiger charge is 2.33. The van der Waals surface area contributed by atoms with Gasteiger partial charge in [0.15, 0.2) is 0 Å². The smallest absolute Gasteiger partial charge is 0.410 e. The molecule has 0 bridgehead atoms. The van der Waals surface area contributed by atoms with Gasteiger partial charge < -0.3 is 25.0 Å². The zero-order valence-corrected chi connectivity index (χ0v) is 25.6. The number of ether oxygens (including phenoxy) is 1. The van der Waals surface area contributed by atoms with E-state index < -0.39 is 23.6 Å². The first-order chi connectivity index (χ1) is 19.5. The quantitative estimate of drug-likeness (QED) is 0.192. The molecule has 1 aliphatic rings. The van der Waals surface area contributed by atoms with Crippen LogP contribution >= 0.6 is 0 Å². The fourth-order valence-electron chi connectivity index (χ4n) is 5.05. The van der Waals surface area contributed by atoms with Gasteiger partial charge in [0.2, 0.25) is 0 Å². The number of nitrogens with zero attached hydrogens (tertiary/aromatic N) is 2. The van der Waals surface area contributed by atoms with Crippen molar-refractivity contribution in [2.45, 2.75) is 123 Å². The molecule has 2 rings (SSSR count). The van der Waals surface area contributed by atoms with Gasteiger partial charge in [0.05, 0.1) is 0 Å². The normalized spacial score (nSPS) is 14.0. The predicted molar refractivity (Wildman–Crippen MR) is 160 cm³/mol. The molecule has 2 N–H and O–H groups in total. The van der Waals surface area contributed by atoms with Crippen molar-refractivity contribution in [3.05, 3.63) is 35.4 Å². The molecule has 9 heteroatoms. The Bertz CT molecular complexity index is 965. The summed E-state index contributed by atoms with van der Waals surface area (Å²) in [6.45, 7) is 9.15. The second-order valence-corrected chi connectivity index (χ2v) is 12.1. The third-order valence-corrected chi connectivity index (χ3v) is 7.39. The van der Waals surface area contributed by atoms with E-state index in [4.69, 9.17) is 4.74 Å². The van der Waals surface area contributed by atoms with Gasteiger partial charge in [0.1, 0.15) is 5.60 Å². The zero-order valence-electron chi connectivity index (χ0n) is 25.6. The Morgan fingerprint density at radius 2 is 1.44 bits per heavy atom. The summed E-state index contributed by atoms with van der Waals surface area (Å²) in [5.74, 6) is -2.62. The summed E-state index contributed by atoms with van der Waals surface area (Å²) < 4.78 is 5.43. The summed E-state index contributed by atoms with van der Waals surface area (Å²) in [6, 6.07) is 6.61. The van der Waals surface area contributed by atoms with Crippen LogP contribution in [0.25, 0.3) is 0 Å². The van der Waals surface area contributed by atoms with Gasteiger partial charge >= 0.3 is 18.0 Å². The minimum atomic E-state index is -1.51. The lowest BCUT2D eigenvalue weighted by Gasteiger charge is -2.38. The Morgan fingerprint density at radius 1 is 0.902 bits per heavy atom. The molecule has 9 nitrogen and oxygen atoms in total. The largest absolute Gasteiger partial charge is 0.474 e. The van der Waals surface area contributed by atoms with Gasteiger partial charge in [0, 0.05) is 37.8 Å². The number of rotatable bonds is 15. The molecule has 0 atom stereocenters. The highest BCUT2D eigenvalue weighted by atomic mass is 16.6. The Morgan fingerprint density at radius 3 is 1.95 bits per heavy atom. The Labute approximate surface area is 246 Å². The van der Waals surface area contributed by atoms with Crippen molar-refractivity contribution < 1.29 is 29.0 Å². The summed E-state index contributed by atoms with van der Waals surface area (Å²) in [4.78, 5) is 52.0. The number of likely N-dealkylation sites (tertiary alicyclic amines) is 1. The van der Waals surface area contributed by atoms with Crippen LogP contribution in [0.2, 0.25) is 0 Å². The van der Waals surface area contributed by atoms with Gasteiger partial charge in [-0.05, 0) is 57.7 Å². The number of amides is 3. The van der Waals surface area contributed by atoms with E-state index in [0.717, 1.165) is 18.4 Å². The molecule has 0 radical (unpaired) electrons. The number of aliphatic carboxylic acids is 1. The molecule has 1 aliphatic heterocycles. The molecule has 0 aliphatic carbocycles. The van der Waals surface area contributed by atoms with Crippen molar-refractivity contribution in [1.29, 1.82) is 0 Å². The number of carbonyl (C=O) groups is 4. The standard InChI is InChI=1S/C32H51N3O6/c1-5-6-7-8-9-10-11-12-13-14-21-33-28(36)26-17-15-25(16-18-26)24-35(29(37)30(38)39)27-19-22-34(23-20-27)31(40)41-32(2,3)4/h15-18,27H,5-14,19-24H2,1-4H3,(H,33,36)(H,38,39). The molecule has 0 unspecified atom stereocenters. The first kappa shape index (κ1) is 34.1. The van der Waals surface area contributed by atoms with Crippen LogP contribution in [0.1, 0.15) is 121 Å². The van der Waals surface area contributed by atoms with Gasteiger partial charge in [-0.1, -0.05) is 76.8 Å². The van der Waals surface area contributed by atoms with Crippen molar-refractivity contribution >= 4 is 23.9 Å². The van der Waals surface area contributed by atoms with E-state index >= 15 is 0 Å². The molecule has 0 aromatic heterocycles. The van der Waals surface area contributed by atoms with Crippen molar-refractivity contribution in [2.24, 2.45) is 0 Å². The number of hydrogen-bond donors (Lipinski definition) is 2. The third kappa shape index (κ3) is 13.0. The van der Waals surface area contributed by atoms with E-state index in [1.807, 2.05) is 0 Å². The summed E-state index contributed by atoms with van der Waals surface area (Å²) in [5, 5.41) is 12.4. The number of carboxylic acids is 1. The third-order valence-electron chi connectivity index (χ3n) is 7.39. The van der Waals surface area contributed by atoms with Crippen LogP contribution in [0.15, 0.2) is 24.3 Å². The molecule has 230 valence electrons. The average molecular weight is 574 g/mol. The van der Waals surface area contributed by atoms with Gasteiger partial charge in [0.25, 0.3) is 5.91 Å². The number of piperidine rings is 1. The summed E-state index contributed by atoms with van der Waals surface area (Å²) in [7, 11) is 0. The van der Waals surface area contributed by atoms with Gasteiger partial charge in [-0.15, -0.1) is 0 Å². The summed E-state index contributed by atoms with van der Waals surface area (Å²) in [5.41, 5.74) is 0.665. The molecule has 1 heterocycles. The van der Waals surface area contributed by atoms with Gasteiger partial charge in [-0.3, -0.25) is 9.59 Å². The molecule has 1 fully saturated rings. The molecule has 1 saturated heterocycles. The maximum Gasteiger partial charge on any atom is 0.410 e. The van der Waals surface area contributed by atoms with E-state index in [1.165, 1.54) is 56.3 Å². The average Bonchev–Trinajstić information content (AvgIpc) is 2.93. The molecule has 3 amide bonds. The molecular weight excluding hydrogens is 522 g/mol. The molecular formula is C32H51N3O6. The van der Waals surface area contributed by atoms with Gasteiger partial charge in [-0.25, -0.2) is 9.59 Å². The number of hydrogen-bond acceptors (Lipinski definition) is 5. The van der Waals surface area contributed by atoms with Crippen LogP contribution < -0.4 is 5.32 Å². The van der Waals surface area contributed by atoms with E-state index in [9.17, 15) is 24.3 Å². The number of unbranched alkanes of at least 4 members (excludes halogenated alkanes) is 9. The molecule has 41 heavy (non-hydrogen) atoms. The van der Waals surface area contributed by atoms with Crippen molar-refractivity contribution in [2.75, 3.05) is 19.6 Å². The Kier molecular flexibility index (Phi) is 14.7. The molecule has 1 aromatic carbocycles. The number of benzene rings is 1. The zero-order chi connectivity index (χ0) is 30.3. The minimum absolute atomic E-state index is 0.114. The van der Waals surface area contributed by atoms with Crippen molar-refractivity contribution in [3.8, 4) is 0 Å². The van der Waals surface area contributed by atoms with E-state index in [1.54, 1.807) is 49.9 Å². The lowest BCUT2D eigenvalue weighted by molar-refractivity contribution is -0.158.